The smallest absolute Gasteiger partial charge is 0.226 e. The van der Waals surface area contributed by atoms with Gasteiger partial charge in [0.25, 0.3) is 0 Å². The monoisotopic (exact) mass is 259 g/mol. The van der Waals surface area contributed by atoms with E-state index in [0.717, 1.165) is 23.7 Å². The third-order valence-electron chi connectivity index (χ3n) is 3.39. The topological polar surface area (TPSA) is 56.1 Å². The molecule has 0 aliphatic carbocycles. The van der Waals surface area contributed by atoms with Crippen LogP contribution in [0.1, 0.15) is 12.0 Å². The molecule has 3 rings (SSSR count). The molecule has 2 heterocycles. The standard InChI is InChI=1S/C13H13N3OS/c14-7-9-2-1-3-11-13(9)15-12(17)6-10-8-18-5-4-16(10)11/h1-3,10H,4-6,8H2,(H,15,17). The molecule has 4 nitrogen and oxygen atoms in total. The first-order chi connectivity index (χ1) is 8.79. The number of amides is 1. The Kier molecular flexibility index (Phi) is 2.88. The van der Waals surface area contributed by atoms with Gasteiger partial charge in [-0.05, 0) is 12.1 Å². The second-order valence-corrected chi connectivity index (χ2v) is 5.64. The number of carbonyl (C=O) groups excluding carboxylic acids is 1. The van der Waals surface area contributed by atoms with E-state index in [1.54, 1.807) is 6.07 Å². The number of nitriles is 1. The van der Waals surface area contributed by atoms with Crippen molar-refractivity contribution in [1.29, 1.82) is 5.26 Å². The van der Waals surface area contributed by atoms with Crippen LogP contribution < -0.4 is 10.2 Å². The Morgan fingerprint density at radius 1 is 1.50 bits per heavy atom. The van der Waals surface area contributed by atoms with E-state index in [1.807, 2.05) is 23.9 Å². The zero-order valence-electron chi connectivity index (χ0n) is 9.85. The van der Waals surface area contributed by atoms with Gasteiger partial charge in [0.1, 0.15) is 6.07 Å². The second kappa shape index (κ2) is 4.54. The van der Waals surface area contributed by atoms with Crippen LogP contribution >= 0.6 is 11.8 Å². The van der Waals surface area contributed by atoms with E-state index >= 15 is 0 Å². The summed E-state index contributed by atoms with van der Waals surface area (Å²) in [5, 5.41) is 12.0. The molecule has 92 valence electrons. The number of carbonyl (C=O) groups is 1. The lowest BCUT2D eigenvalue weighted by Crippen LogP contribution is -2.42. The van der Waals surface area contributed by atoms with Crippen LogP contribution in [-0.4, -0.2) is 30.0 Å². The zero-order valence-corrected chi connectivity index (χ0v) is 10.7. The molecule has 0 spiro atoms. The van der Waals surface area contributed by atoms with Gasteiger partial charge >= 0.3 is 0 Å². The molecule has 18 heavy (non-hydrogen) atoms. The molecule has 1 saturated heterocycles. The number of benzene rings is 1. The van der Waals surface area contributed by atoms with Crippen molar-refractivity contribution in [2.24, 2.45) is 0 Å². The number of anilines is 2. The van der Waals surface area contributed by atoms with E-state index in [0.29, 0.717) is 17.7 Å². The van der Waals surface area contributed by atoms with Crippen LogP contribution in [0.25, 0.3) is 0 Å². The van der Waals surface area contributed by atoms with Crippen LogP contribution in [0.5, 0.6) is 0 Å². The van der Waals surface area contributed by atoms with E-state index in [2.05, 4.69) is 16.3 Å². The summed E-state index contributed by atoms with van der Waals surface area (Å²) in [5.74, 6) is 2.05. The number of thioether (sulfide) groups is 1. The van der Waals surface area contributed by atoms with Gasteiger partial charge in [-0.2, -0.15) is 17.0 Å². The van der Waals surface area contributed by atoms with Crippen molar-refractivity contribution < 1.29 is 4.79 Å². The molecule has 1 unspecified atom stereocenters. The molecule has 1 fully saturated rings. The van der Waals surface area contributed by atoms with Crippen LogP contribution in [0, 0.1) is 11.3 Å². The van der Waals surface area contributed by atoms with Crippen molar-refractivity contribution in [2.45, 2.75) is 12.5 Å². The maximum absolute atomic E-state index is 11.9. The lowest BCUT2D eigenvalue weighted by Gasteiger charge is -2.35. The number of hydrogen-bond acceptors (Lipinski definition) is 4. The van der Waals surface area contributed by atoms with Gasteiger partial charge in [0.2, 0.25) is 5.91 Å². The molecule has 1 aromatic rings. The number of hydrogen-bond donors (Lipinski definition) is 1. The van der Waals surface area contributed by atoms with E-state index < -0.39 is 0 Å². The molecule has 0 bridgehead atoms. The van der Waals surface area contributed by atoms with Crippen LogP contribution in [0.2, 0.25) is 0 Å². The zero-order chi connectivity index (χ0) is 12.5. The number of para-hydroxylation sites is 1. The van der Waals surface area contributed by atoms with Crippen LogP contribution in [0.3, 0.4) is 0 Å². The Morgan fingerprint density at radius 2 is 2.39 bits per heavy atom. The van der Waals surface area contributed by atoms with Gasteiger partial charge in [0.05, 0.1) is 16.9 Å². The summed E-state index contributed by atoms with van der Waals surface area (Å²) in [7, 11) is 0. The van der Waals surface area contributed by atoms with Gasteiger partial charge in [-0.15, -0.1) is 0 Å². The summed E-state index contributed by atoms with van der Waals surface area (Å²) in [5.41, 5.74) is 2.21. The Hall–Kier alpha value is -1.67. The fraction of sp³-hybridized carbons (Fsp3) is 0.385. The highest BCUT2D eigenvalue weighted by Gasteiger charge is 2.31. The first-order valence-electron chi connectivity index (χ1n) is 5.97. The summed E-state index contributed by atoms with van der Waals surface area (Å²) in [6.07, 6.45) is 0.506. The van der Waals surface area contributed by atoms with Crippen molar-refractivity contribution in [3.05, 3.63) is 23.8 Å². The maximum Gasteiger partial charge on any atom is 0.226 e. The van der Waals surface area contributed by atoms with Crippen molar-refractivity contribution in [3.8, 4) is 6.07 Å². The van der Waals surface area contributed by atoms with Gasteiger partial charge < -0.3 is 10.2 Å². The predicted molar refractivity (Wildman–Crippen MR) is 72.9 cm³/mol. The number of rotatable bonds is 0. The van der Waals surface area contributed by atoms with Crippen molar-refractivity contribution >= 4 is 29.0 Å². The minimum absolute atomic E-state index is 0.00829. The number of nitrogens with one attached hydrogen (secondary N) is 1. The van der Waals surface area contributed by atoms with E-state index in [9.17, 15) is 4.79 Å². The maximum atomic E-state index is 11.9. The molecule has 1 N–H and O–H groups in total. The van der Waals surface area contributed by atoms with Crippen LogP contribution in [-0.2, 0) is 4.79 Å². The van der Waals surface area contributed by atoms with Crippen molar-refractivity contribution in [2.75, 3.05) is 28.3 Å². The SMILES string of the molecule is N#Cc1cccc2c1NC(=O)CC1CSCCN21. The quantitative estimate of drug-likeness (QED) is 0.772. The van der Waals surface area contributed by atoms with Gasteiger partial charge in [0, 0.05) is 30.5 Å². The Labute approximate surface area is 110 Å². The van der Waals surface area contributed by atoms with Gasteiger partial charge in [-0.25, -0.2) is 0 Å². The normalized spacial score (nSPS) is 22.3. The van der Waals surface area contributed by atoms with Crippen molar-refractivity contribution in [1.82, 2.24) is 0 Å². The van der Waals surface area contributed by atoms with E-state index in [-0.39, 0.29) is 11.9 Å². The lowest BCUT2D eigenvalue weighted by atomic mass is 10.1. The molecule has 1 amide bonds. The molecule has 2 aliphatic rings. The average molecular weight is 259 g/mol. The van der Waals surface area contributed by atoms with E-state index in [1.165, 1.54) is 0 Å². The first kappa shape index (κ1) is 11.4. The molecular weight excluding hydrogens is 246 g/mol. The van der Waals surface area contributed by atoms with Gasteiger partial charge in [0.15, 0.2) is 0 Å². The van der Waals surface area contributed by atoms with Crippen LogP contribution in [0.15, 0.2) is 18.2 Å². The summed E-state index contributed by atoms with van der Waals surface area (Å²) in [4.78, 5) is 14.2. The number of fused-ring (bicyclic) bond motifs is 3. The molecule has 1 atom stereocenters. The Balaban J connectivity index is 2.12. The third kappa shape index (κ3) is 1.83. The van der Waals surface area contributed by atoms with E-state index in [4.69, 9.17) is 5.26 Å². The fourth-order valence-corrected chi connectivity index (χ4v) is 3.61. The molecule has 2 aliphatic heterocycles. The molecule has 0 saturated carbocycles. The van der Waals surface area contributed by atoms with Crippen molar-refractivity contribution in [3.63, 3.8) is 0 Å². The summed E-state index contributed by atoms with van der Waals surface area (Å²) >= 11 is 1.89. The largest absolute Gasteiger partial charge is 0.365 e. The molecule has 1 aromatic carbocycles. The molecular formula is C13H13N3OS. The summed E-state index contributed by atoms with van der Waals surface area (Å²) in [6, 6.07) is 8.02. The molecule has 5 heteroatoms. The number of nitrogens with zero attached hydrogens (tertiary/aromatic N) is 2. The van der Waals surface area contributed by atoms with Crippen LogP contribution in [0.4, 0.5) is 11.4 Å². The highest BCUT2D eigenvalue weighted by atomic mass is 32.2. The minimum Gasteiger partial charge on any atom is -0.365 e. The molecule has 0 radical (unpaired) electrons. The minimum atomic E-state index is 0.00829. The average Bonchev–Trinajstić information content (AvgIpc) is 2.53. The predicted octanol–water partition coefficient (Wildman–Crippen LogP) is 1.82. The Bertz CT molecular complexity index is 538. The fourth-order valence-electron chi connectivity index (χ4n) is 2.55. The van der Waals surface area contributed by atoms with Gasteiger partial charge in [-0.3, -0.25) is 4.79 Å². The highest BCUT2D eigenvalue weighted by molar-refractivity contribution is 7.99. The highest BCUT2D eigenvalue weighted by Crippen LogP contribution is 2.36. The second-order valence-electron chi connectivity index (χ2n) is 4.49. The lowest BCUT2D eigenvalue weighted by molar-refractivity contribution is -0.116. The first-order valence-corrected chi connectivity index (χ1v) is 7.12. The summed E-state index contributed by atoms with van der Waals surface area (Å²) < 4.78 is 0. The molecule has 0 aromatic heterocycles. The Morgan fingerprint density at radius 3 is 3.22 bits per heavy atom. The summed E-state index contributed by atoms with van der Waals surface area (Å²) in [6.45, 7) is 0.937. The van der Waals surface area contributed by atoms with Gasteiger partial charge in [-0.1, -0.05) is 6.07 Å². The third-order valence-corrected chi connectivity index (χ3v) is 4.48.